The van der Waals surface area contributed by atoms with Crippen molar-refractivity contribution < 1.29 is 38.3 Å². The summed E-state index contributed by atoms with van der Waals surface area (Å²) < 4.78 is 15.7. The maximum atomic E-state index is 13.3. The zero-order valence-corrected chi connectivity index (χ0v) is 22.0. The standard InChI is InChI=1S/C27H33BN2O8/c1-16(2)13-19(28-37-23(27(35)36-4)15-24(33)38-28)14-22(32)25(17(3)31)30-26(34)21-12-8-11-20(29-21)18-9-6-5-7-10-18/h5-12,16-17,19,23,25,31H,13-15H2,1-4H3,(H,30,34)/t17-,19-,23+,25+/m1/s1. The number of ketones is 1. The van der Waals surface area contributed by atoms with Gasteiger partial charge in [0.15, 0.2) is 11.9 Å². The first-order valence-corrected chi connectivity index (χ1v) is 12.6. The molecule has 1 aromatic carbocycles. The van der Waals surface area contributed by atoms with Crippen LogP contribution >= 0.6 is 0 Å². The fourth-order valence-electron chi connectivity index (χ4n) is 4.34. The molecule has 2 heterocycles. The van der Waals surface area contributed by atoms with Crippen molar-refractivity contribution in [1.82, 2.24) is 10.3 Å². The number of hydrogen-bond donors (Lipinski definition) is 2. The van der Waals surface area contributed by atoms with E-state index in [4.69, 9.17) is 14.0 Å². The van der Waals surface area contributed by atoms with Gasteiger partial charge in [0.05, 0.1) is 25.3 Å². The summed E-state index contributed by atoms with van der Waals surface area (Å²) in [5.41, 5.74) is 1.51. The van der Waals surface area contributed by atoms with Crippen LogP contribution in [0.2, 0.25) is 5.82 Å². The average molecular weight is 524 g/mol. The van der Waals surface area contributed by atoms with Crippen LogP contribution in [0.15, 0.2) is 48.5 Å². The molecular weight excluding hydrogens is 491 g/mol. The Morgan fingerprint density at radius 3 is 2.47 bits per heavy atom. The topological polar surface area (TPSA) is 141 Å². The molecule has 1 amide bonds. The Kier molecular flexibility index (Phi) is 10.1. The molecule has 10 nitrogen and oxygen atoms in total. The predicted molar refractivity (Wildman–Crippen MR) is 139 cm³/mol. The van der Waals surface area contributed by atoms with Crippen molar-refractivity contribution in [1.29, 1.82) is 0 Å². The number of Topliss-reactive ketones (excluding diaryl/α,β-unsaturated/α-hetero) is 1. The number of aliphatic hydroxyl groups is 1. The molecular formula is C27H33BN2O8. The number of methoxy groups -OCH3 is 1. The van der Waals surface area contributed by atoms with Crippen molar-refractivity contribution in [2.75, 3.05) is 7.11 Å². The Hall–Kier alpha value is -3.57. The highest BCUT2D eigenvalue weighted by molar-refractivity contribution is 6.50. The monoisotopic (exact) mass is 524 g/mol. The molecule has 2 N–H and O–H groups in total. The number of ether oxygens (including phenoxy) is 1. The summed E-state index contributed by atoms with van der Waals surface area (Å²) in [5.74, 6) is -2.95. The number of rotatable bonds is 11. The minimum atomic E-state index is -1.24. The van der Waals surface area contributed by atoms with Crippen molar-refractivity contribution in [3.05, 3.63) is 54.2 Å². The van der Waals surface area contributed by atoms with Gasteiger partial charge in [-0.05, 0) is 31.4 Å². The lowest BCUT2D eigenvalue weighted by atomic mass is 9.64. The maximum Gasteiger partial charge on any atom is 0.531 e. The Balaban J connectivity index is 1.75. The largest absolute Gasteiger partial charge is 0.531 e. The third kappa shape index (κ3) is 7.72. The Bertz CT molecular complexity index is 1140. The second-order valence-corrected chi connectivity index (χ2v) is 9.74. The van der Waals surface area contributed by atoms with E-state index in [0.717, 1.165) is 5.56 Å². The summed E-state index contributed by atoms with van der Waals surface area (Å²) in [6, 6.07) is 13.1. The summed E-state index contributed by atoms with van der Waals surface area (Å²) >= 11 is 0. The molecule has 38 heavy (non-hydrogen) atoms. The number of nitrogens with zero attached hydrogens (tertiary/aromatic N) is 1. The third-order valence-corrected chi connectivity index (χ3v) is 6.15. The maximum absolute atomic E-state index is 13.3. The summed E-state index contributed by atoms with van der Waals surface area (Å²) in [6.07, 6.45) is -2.37. The van der Waals surface area contributed by atoms with Gasteiger partial charge in [-0.3, -0.25) is 14.4 Å². The van der Waals surface area contributed by atoms with Crippen molar-refractivity contribution >= 4 is 30.7 Å². The number of hydrogen-bond acceptors (Lipinski definition) is 9. The lowest BCUT2D eigenvalue weighted by Gasteiger charge is -2.31. The van der Waals surface area contributed by atoms with Gasteiger partial charge in [-0.1, -0.05) is 50.2 Å². The molecule has 3 rings (SSSR count). The third-order valence-electron chi connectivity index (χ3n) is 6.15. The van der Waals surface area contributed by atoms with Gasteiger partial charge in [0, 0.05) is 17.8 Å². The van der Waals surface area contributed by atoms with E-state index in [0.29, 0.717) is 12.1 Å². The van der Waals surface area contributed by atoms with Crippen molar-refractivity contribution in [3.63, 3.8) is 0 Å². The highest BCUT2D eigenvalue weighted by atomic mass is 16.6. The van der Waals surface area contributed by atoms with Crippen LogP contribution in [0.3, 0.4) is 0 Å². The van der Waals surface area contributed by atoms with Gasteiger partial charge in [-0.25, -0.2) is 9.78 Å². The van der Waals surface area contributed by atoms with Crippen LogP contribution in [0.25, 0.3) is 11.3 Å². The quantitative estimate of drug-likeness (QED) is 0.335. The molecule has 1 aromatic heterocycles. The molecule has 0 radical (unpaired) electrons. The van der Waals surface area contributed by atoms with Crippen LogP contribution in [0.1, 0.15) is 50.5 Å². The summed E-state index contributed by atoms with van der Waals surface area (Å²) in [6.45, 7) is 5.26. The van der Waals surface area contributed by atoms with Crippen LogP contribution in [0.4, 0.5) is 0 Å². The SMILES string of the molecule is COC(=O)[C@@H]1CC(=O)OB([C@@H](CC(=O)[C@@H](NC(=O)c2cccc(-c3ccccc3)n2)[C@@H](C)O)CC(C)C)O1. The molecule has 0 bridgehead atoms. The summed E-state index contributed by atoms with van der Waals surface area (Å²) in [5, 5.41) is 13.0. The Morgan fingerprint density at radius 1 is 1.13 bits per heavy atom. The van der Waals surface area contributed by atoms with Crippen molar-refractivity contribution in [2.45, 2.75) is 64.1 Å². The first-order chi connectivity index (χ1) is 18.1. The minimum Gasteiger partial charge on any atom is -0.509 e. The Morgan fingerprint density at radius 2 is 1.84 bits per heavy atom. The van der Waals surface area contributed by atoms with Crippen molar-refractivity contribution in [3.8, 4) is 11.3 Å². The van der Waals surface area contributed by atoms with E-state index in [-0.39, 0.29) is 24.5 Å². The van der Waals surface area contributed by atoms with Crippen LogP contribution < -0.4 is 5.32 Å². The second-order valence-electron chi connectivity index (χ2n) is 9.74. The molecule has 1 aliphatic heterocycles. The first kappa shape index (κ1) is 29.0. The molecule has 4 atom stereocenters. The van der Waals surface area contributed by atoms with Crippen LogP contribution in [0, 0.1) is 5.92 Å². The number of benzene rings is 1. The fraction of sp³-hybridized carbons (Fsp3) is 0.444. The van der Waals surface area contributed by atoms with Gasteiger partial charge < -0.3 is 24.5 Å². The number of carbonyl (C=O) groups excluding carboxylic acids is 4. The number of esters is 1. The molecule has 11 heteroatoms. The van der Waals surface area contributed by atoms with E-state index in [1.807, 2.05) is 44.2 Å². The number of aliphatic hydroxyl groups excluding tert-OH is 1. The van der Waals surface area contributed by atoms with Crippen LogP contribution in [0.5, 0.6) is 0 Å². The molecule has 0 spiro atoms. The molecule has 0 unspecified atom stereocenters. The molecule has 0 aliphatic carbocycles. The second kappa shape index (κ2) is 13.3. The molecule has 1 saturated heterocycles. The molecule has 1 aliphatic rings. The summed E-state index contributed by atoms with van der Waals surface area (Å²) in [4.78, 5) is 54.9. The van der Waals surface area contributed by atoms with E-state index in [9.17, 15) is 24.3 Å². The van der Waals surface area contributed by atoms with E-state index in [1.165, 1.54) is 20.1 Å². The number of carbonyl (C=O) groups is 4. The highest BCUT2D eigenvalue weighted by Crippen LogP contribution is 2.31. The van der Waals surface area contributed by atoms with Gasteiger partial charge in [0.2, 0.25) is 0 Å². The van der Waals surface area contributed by atoms with Gasteiger partial charge >= 0.3 is 13.1 Å². The smallest absolute Gasteiger partial charge is 0.509 e. The number of pyridine rings is 1. The van der Waals surface area contributed by atoms with Gasteiger partial charge in [-0.15, -0.1) is 0 Å². The molecule has 2 aromatic rings. The van der Waals surface area contributed by atoms with Gasteiger partial charge in [0.1, 0.15) is 11.7 Å². The van der Waals surface area contributed by atoms with Crippen LogP contribution in [-0.4, -0.2) is 66.2 Å². The molecule has 0 saturated carbocycles. The molecule has 202 valence electrons. The minimum absolute atomic E-state index is 0.0917. The van der Waals surface area contributed by atoms with E-state index in [1.54, 1.807) is 12.1 Å². The average Bonchev–Trinajstić information content (AvgIpc) is 2.90. The zero-order valence-electron chi connectivity index (χ0n) is 22.0. The lowest BCUT2D eigenvalue weighted by Crippen LogP contribution is -2.50. The highest BCUT2D eigenvalue weighted by Gasteiger charge is 2.45. The molecule has 1 fully saturated rings. The van der Waals surface area contributed by atoms with Gasteiger partial charge in [-0.2, -0.15) is 0 Å². The van der Waals surface area contributed by atoms with Crippen molar-refractivity contribution in [2.24, 2.45) is 5.92 Å². The number of aromatic nitrogens is 1. The summed E-state index contributed by atoms with van der Waals surface area (Å²) in [7, 11) is 0.0390. The fourth-order valence-corrected chi connectivity index (χ4v) is 4.34. The van der Waals surface area contributed by atoms with Crippen LogP contribution in [-0.2, 0) is 28.4 Å². The predicted octanol–water partition coefficient (Wildman–Crippen LogP) is 2.60. The van der Waals surface area contributed by atoms with Gasteiger partial charge in [0.25, 0.3) is 11.9 Å². The number of amides is 1. The van der Waals surface area contributed by atoms with E-state index < -0.39 is 54.8 Å². The zero-order chi connectivity index (χ0) is 27.8. The lowest BCUT2D eigenvalue weighted by molar-refractivity contribution is -0.159. The number of nitrogens with one attached hydrogen (secondary N) is 1. The normalized spacial score (nSPS) is 17.8. The Labute approximate surface area is 222 Å². The van der Waals surface area contributed by atoms with E-state index in [2.05, 4.69) is 10.3 Å². The first-order valence-electron chi connectivity index (χ1n) is 12.6. The van der Waals surface area contributed by atoms with E-state index >= 15 is 0 Å².